The van der Waals surface area contributed by atoms with Gasteiger partial charge in [-0.3, -0.25) is 4.68 Å². The lowest BCUT2D eigenvalue weighted by Crippen LogP contribution is -2.05. The molecule has 1 N–H and O–H groups in total. The van der Waals surface area contributed by atoms with E-state index in [1.54, 1.807) is 4.68 Å². The fourth-order valence-corrected chi connectivity index (χ4v) is 2.20. The molecular weight excluding hydrogens is 252 g/mol. The maximum atomic E-state index is 11.2. The van der Waals surface area contributed by atoms with Gasteiger partial charge in [0.1, 0.15) is 4.88 Å². The smallest absolute Gasteiger partial charge is 0.349 e. The molecule has 0 bridgehead atoms. The van der Waals surface area contributed by atoms with Crippen LogP contribution in [0.15, 0.2) is 18.5 Å². The van der Waals surface area contributed by atoms with Crippen LogP contribution >= 0.6 is 11.3 Å². The molecule has 96 valence electrons. The summed E-state index contributed by atoms with van der Waals surface area (Å²) in [5.41, 5.74) is 1.02. The molecule has 0 unspecified atom stereocenters. The van der Waals surface area contributed by atoms with Crippen molar-refractivity contribution in [2.24, 2.45) is 7.05 Å². The molecule has 0 aliphatic heterocycles. The minimum absolute atomic E-state index is 0.356. The number of aromatic nitrogens is 3. The van der Waals surface area contributed by atoms with Gasteiger partial charge in [0.25, 0.3) is 0 Å². The third-order valence-electron chi connectivity index (χ3n) is 2.32. The SMILES string of the molecule is COC(=O)c1cnc(NCCc2ccn(C)n2)s1. The van der Waals surface area contributed by atoms with E-state index in [0.29, 0.717) is 10.0 Å². The molecule has 0 atom stereocenters. The summed E-state index contributed by atoms with van der Waals surface area (Å²) in [6, 6.07) is 1.98. The summed E-state index contributed by atoms with van der Waals surface area (Å²) in [5, 5.41) is 8.14. The van der Waals surface area contributed by atoms with Gasteiger partial charge in [-0.15, -0.1) is 0 Å². The number of methoxy groups -OCH3 is 1. The van der Waals surface area contributed by atoms with Crippen LogP contribution in [0.4, 0.5) is 5.13 Å². The predicted molar refractivity (Wildman–Crippen MR) is 68.9 cm³/mol. The number of rotatable bonds is 5. The van der Waals surface area contributed by atoms with E-state index in [0.717, 1.165) is 18.7 Å². The van der Waals surface area contributed by atoms with Crippen molar-refractivity contribution in [3.8, 4) is 0 Å². The first-order valence-electron chi connectivity index (χ1n) is 5.45. The van der Waals surface area contributed by atoms with Gasteiger partial charge < -0.3 is 10.1 Å². The van der Waals surface area contributed by atoms with Crippen LogP contribution in [0.3, 0.4) is 0 Å². The summed E-state index contributed by atoms with van der Waals surface area (Å²) in [6.07, 6.45) is 4.24. The van der Waals surface area contributed by atoms with Gasteiger partial charge in [0, 0.05) is 26.2 Å². The fraction of sp³-hybridized carbons (Fsp3) is 0.364. The fourth-order valence-electron chi connectivity index (χ4n) is 1.44. The minimum Gasteiger partial charge on any atom is -0.465 e. The summed E-state index contributed by atoms with van der Waals surface area (Å²) in [5.74, 6) is -0.356. The number of ether oxygens (including phenoxy) is 1. The van der Waals surface area contributed by atoms with Crippen LogP contribution in [-0.4, -0.2) is 34.4 Å². The molecule has 0 radical (unpaired) electrons. The molecular formula is C11H14N4O2S. The number of nitrogens with zero attached hydrogens (tertiary/aromatic N) is 3. The highest BCUT2D eigenvalue weighted by Crippen LogP contribution is 2.18. The summed E-state index contributed by atoms with van der Waals surface area (Å²) >= 11 is 1.28. The largest absolute Gasteiger partial charge is 0.465 e. The first-order valence-corrected chi connectivity index (χ1v) is 6.27. The molecule has 0 saturated heterocycles. The van der Waals surface area contributed by atoms with E-state index in [1.807, 2.05) is 19.3 Å². The lowest BCUT2D eigenvalue weighted by molar-refractivity contribution is 0.0606. The Labute approximate surface area is 109 Å². The van der Waals surface area contributed by atoms with Gasteiger partial charge in [-0.05, 0) is 6.07 Å². The van der Waals surface area contributed by atoms with E-state index < -0.39 is 0 Å². The van der Waals surface area contributed by atoms with Crippen molar-refractivity contribution in [1.29, 1.82) is 0 Å². The van der Waals surface area contributed by atoms with Crippen LogP contribution in [0.2, 0.25) is 0 Å². The van der Waals surface area contributed by atoms with Gasteiger partial charge in [-0.2, -0.15) is 5.10 Å². The van der Waals surface area contributed by atoms with E-state index in [1.165, 1.54) is 24.6 Å². The molecule has 0 saturated carbocycles. The number of anilines is 1. The molecule has 7 heteroatoms. The number of thiazole rings is 1. The first-order chi connectivity index (χ1) is 8.69. The number of hydrogen-bond acceptors (Lipinski definition) is 6. The molecule has 0 amide bonds. The summed E-state index contributed by atoms with van der Waals surface area (Å²) in [6.45, 7) is 0.727. The zero-order valence-corrected chi connectivity index (χ0v) is 11.0. The van der Waals surface area contributed by atoms with Gasteiger partial charge in [0.2, 0.25) is 0 Å². The summed E-state index contributed by atoms with van der Waals surface area (Å²) < 4.78 is 6.39. The molecule has 2 aromatic heterocycles. The number of nitrogens with one attached hydrogen (secondary N) is 1. The highest BCUT2D eigenvalue weighted by atomic mass is 32.1. The summed E-state index contributed by atoms with van der Waals surface area (Å²) in [7, 11) is 3.25. The maximum Gasteiger partial charge on any atom is 0.349 e. The van der Waals surface area contributed by atoms with Gasteiger partial charge in [-0.1, -0.05) is 11.3 Å². The Morgan fingerprint density at radius 3 is 3.11 bits per heavy atom. The van der Waals surface area contributed by atoms with Crippen LogP contribution in [0, 0.1) is 0 Å². The van der Waals surface area contributed by atoms with Crippen molar-refractivity contribution in [2.75, 3.05) is 19.0 Å². The molecule has 0 aromatic carbocycles. The van der Waals surface area contributed by atoms with Crippen molar-refractivity contribution in [3.05, 3.63) is 29.0 Å². The molecule has 2 rings (SSSR count). The molecule has 0 aliphatic carbocycles. The minimum atomic E-state index is -0.356. The lowest BCUT2D eigenvalue weighted by atomic mass is 10.3. The Morgan fingerprint density at radius 1 is 1.61 bits per heavy atom. The van der Waals surface area contributed by atoms with Gasteiger partial charge in [-0.25, -0.2) is 9.78 Å². The van der Waals surface area contributed by atoms with E-state index in [4.69, 9.17) is 0 Å². The summed E-state index contributed by atoms with van der Waals surface area (Å²) in [4.78, 5) is 15.8. The molecule has 0 fully saturated rings. The highest BCUT2D eigenvalue weighted by Gasteiger charge is 2.09. The van der Waals surface area contributed by atoms with Crippen molar-refractivity contribution in [3.63, 3.8) is 0 Å². The van der Waals surface area contributed by atoms with Gasteiger partial charge >= 0.3 is 5.97 Å². The Kier molecular flexibility index (Phi) is 3.93. The molecule has 0 spiro atoms. The predicted octanol–water partition coefficient (Wildman–Crippen LogP) is 1.32. The van der Waals surface area contributed by atoms with Crippen molar-refractivity contribution >= 4 is 22.4 Å². The van der Waals surface area contributed by atoms with Crippen molar-refractivity contribution in [1.82, 2.24) is 14.8 Å². The van der Waals surface area contributed by atoms with Crippen molar-refractivity contribution < 1.29 is 9.53 Å². The zero-order chi connectivity index (χ0) is 13.0. The lowest BCUT2D eigenvalue weighted by Gasteiger charge is -1.99. The number of esters is 1. The van der Waals surface area contributed by atoms with Crippen molar-refractivity contribution in [2.45, 2.75) is 6.42 Å². The van der Waals surface area contributed by atoms with Crippen LogP contribution in [0.25, 0.3) is 0 Å². The van der Waals surface area contributed by atoms with Gasteiger partial charge in [0.15, 0.2) is 5.13 Å². The first kappa shape index (κ1) is 12.6. The zero-order valence-electron chi connectivity index (χ0n) is 10.2. The van der Waals surface area contributed by atoms with Crippen LogP contribution < -0.4 is 5.32 Å². The molecule has 18 heavy (non-hydrogen) atoms. The Morgan fingerprint density at radius 2 is 2.44 bits per heavy atom. The Balaban J connectivity index is 1.83. The van der Waals surface area contributed by atoms with Crippen LogP contribution in [-0.2, 0) is 18.2 Å². The second kappa shape index (κ2) is 5.63. The Bertz CT molecular complexity index is 535. The molecule has 2 heterocycles. The van der Waals surface area contributed by atoms with E-state index in [2.05, 4.69) is 20.1 Å². The van der Waals surface area contributed by atoms with Crippen LogP contribution in [0.5, 0.6) is 0 Å². The van der Waals surface area contributed by atoms with E-state index in [9.17, 15) is 4.79 Å². The number of aryl methyl sites for hydroxylation is 1. The third-order valence-corrected chi connectivity index (χ3v) is 3.25. The third kappa shape index (κ3) is 3.07. The number of hydrogen-bond donors (Lipinski definition) is 1. The molecule has 0 aliphatic rings. The number of carbonyl (C=O) groups is 1. The maximum absolute atomic E-state index is 11.2. The van der Waals surface area contributed by atoms with Gasteiger partial charge in [0.05, 0.1) is 19.0 Å². The average Bonchev–Trinajstić information content (AvgIpc) is 2.98. The second-order valence-electron chi connectivity index (χ2n) is 3.68. The molecule has 6 nitrogen and oxygen atoms in total. The normalized spacial score (nSPS) is 10.3. The average molecular weight is 266 g/mol. The van der Waals surface area contributed by atoms with Crippen LogP contribution in [0.1, 0.15) is 15.4 Å². The quantitative estimate of drug-likeness (QED) is 0.827. The second-order valence-corrected chi connectivity index (χ2v) is 4.71. The molecule has 2 aromatic rings. The monoisotopic (exact) mass is 266 g/mol. The Hall–Kier alpha value is -1.89. The van der Waals surface area contributed by atoms with E-state index >= 15 is 0 Å². The highest BCUT2D eigenvalue weighted by molar-refractivity contribution is 7.17. The number of carbonyl (C=O) groups excluding carboxylic acids is 1. The van der Waals surface area contributed by atoms with E-state index in [-0.39, 0.29) is 5.97 Å². The topological polar surface area (TPSA) is 69.0 Å². The standard InChI is InChI=1S/C11H14N4O2S/c1-15-6-4-8(14-15)3-5-12-11-13-7-9(18-11)10(16)17-2/h4,6-7H,3,5H2,1-2H3,(H,12,13).